The summed E-state index contributed by atoms with van der Waals surface area (Å²) in [7, 11) is 2.08. The molecule has 0 aliphatic carbocycles. The number of rotatable bonds is 3. The number of hydrogen-bond donors (Lipinski definition) is 3. The van der Waals surface area contributed by atoms with Crippen molar-refractivity contribution in [2.45, 2.75) is 38.3 Å². The normalized spacial score (nSPS) is 22.2. The van der Waals surface area contributed by atoms with Crippen molar-refractivity contribution in [2.75, 3.05) is 20.1 Å². The summed E-state index contributed by atoms with van der Waals surface area (Å²) in [6, 6.07) is 5.42. The van der Waals surface area contributed by atoms with Gasteiger partial charge in [-0.3, -0.25) is 4.90 Å². The van der Waals surface area contributed by atoms with Gasteiger partial charge in [-0.05, 0) is 58.5 Å². The highest BCUT2D eigenvalue weighted by Gasteiger charge is 2.25. The van der Waals surface area contributed by atoms with E-state index in [-0.39, 0.29) is 17.5 Å². The van der Waals surface area contributed by atoms with Crippen molar-refractivity contribution in [2.24, 2.45) is 0 Å². The van der Waals surface area contributed by atoms with Crippen LogP contribution in [-0.4, -0.2) is 41.3 Å². The highest BCUT2D eigenvalue weighted by molar-refractivity contribution is 5.45. The van der Waals surface area contributed by atoms with Crippen LogP contribution in [0.4, 0.5) is 0 Å². The molecule has 3 N–H and O–H groups in total. The molecule has 0 bridgehead atoms. The lowest BCUT2D eigenvalue weighted by Crippen LogP contribution is -2.34. The van der Waals surface area contributed by atoms with Crippen LogP contribution in [0.15, 0.2) is 18.2 Å². The first kappa shape index (κ1) is 14.2. The summed E-state index contributed by atoms with van der Waals surface area (Å²) in [5.74, 6) is 0.345. The summed E-state index contributed by atoms with van der Waals surface area (Å²) in [5.41, 5.74) is 0.627. The van der Waals surface area contributed by atoms with Crippen LogP contribution in [0.2, 0.25) is 0 Å². The Kier molecular flexibility index (Phi) is 4.66. The van der Waals surface area contributed by atoms with Gasteiger partial charge in [0.15, 0.2) is 0 Å². The monoisotopic (exact) mass is 264 g/mol. The van der Waals surface area contributed by atoms with Crippen LogP contribution in [0.1, 0.15) is 37.8 Å². The van der Waals surface area contributed by atoms with Gasteiger partial charge in [-0.2, -0.15) is 0 Å². The fourth-order valence-electron chi connectivity index (χ4n) is 2.90. The Morgan fingerprint density at radius 3 is 2.58 bits per heavy atom. The van der Waals surface area contributed by atoms with E-state index in [2.05, 4.69) is 17.3 Å². The third kappa shape index (κ3) is 3.19. The van der Waals surface area contributed by atoms with E-state index < -0.39 is 0 Å². The average Bonchev–Trinajstić information content (AvgIpc) is 2.66. The first-order chi connectivity index (χ1) is 9.11. The first-order valence-electron chi connectivity index (χ1n) is 7.04. The Balaban J connectivity index is 2.15. The van der Waals surface area contributed by atoms with Gasteiger partial charge in [0.1, 0.15) is 11.5 Å². The van der Waals surface area contributed by atoms with Gasteiger partial charge in [0, 0.05) is 12.1 Å². The zero-order chi connectivity index (χ0) is 13.8. The molecule has 0 saturated carbocycles. The van der Waals surface area contributed by atoms with E-state index in [4.69, 9.17) is 0 Å². The SMILES string of the molecule is CC(c1c(O)cccc1O)N(C)C1CCCNCC1. The third-order valence-electron chi connectivity index (χ3n) is 4.21. The van der Waals surface area contributed by atoms with Gasteiger partial charge < -0.3 is 15.5 Å². The second-order valence-corrected chi connectivity index (χ2v) is 5.39. The minimum Gasteiger partial charge on any atom is -0.507 e. The predicted molar refractivity (Wildman–Crippen MR) is 76.5 cm³/mol. The summed E-state index contributed by atoms with van der Waals surface area (Å²) in [6.45, 7) is 4.15. The molecule has 0 amide bonds. The lowest BCUT2D eigenvalue weighted by molar-refractivity contribution is 0.166. The van der Waals surface area contributed by atoms with E-state index >= 15 is 0 Å². The van der Waals surface area contributed by atoms with Crippen LogP contribution in [0.3, 0.4) is 0 Å². The van der Waals surface area contributed by atoms with E-state index in [1.54, 1.807) is 18.2 Å². The first-order valence-corrected chi connectivity index (χ1v) is 7.04. The van der Waals surface area contributed by atoms with E-state index in [0.29, 0.717) is 11.6 Å². The van der Waals surface area contributed by atoms with Crippen molar-refractivity contribution in [3.05, 3.63) is 23.8 Å². The molecule has 106 valence electrons. The van der Waals surface area contributed by atoms with Crippen molar-refractivity contribution in [1.82, 2.24) is 10.2 Å². The van der Waals surface area contributed by atoms with Crippen molar-refractivity contribution in [3.8, 4) is 11.5 Å². The molecule has 1 aliphatic rings. The largest absolute Gasteiger partial charge is 0.507 e. The van der Waals surface area contributed by atoms with Gasteiger partial charge in [0.25, 0.3) is 0 Å². The van der Waals surface area contributed by atoms with E-state index in [1.165, 1.54) is 6.42 Å². The molecule has 1 fully saturated rings. The quantitative estimate of drug-likeness (QED) is 0.783. The number of phenols is 2. The molecule has 2 rings (SSSR count). The molecule has 1 aliphatic heterocycles. The fourth-order valence-corrected chi connectivity index (χ4v) is 2.90. The maximum absolute atomic E-state index is 9.97. The molecule has 1 aromatic carbocycles. The van der Waals surface area contributed by atoms with Gasteiger partial charge in [0.05, 0.1) is 5.56 Å². The summed E-state index contributed by atoms with van der Waals surface area (Å²) in [5, 5.41) is 23.3. The number of benzene rings is 1. The topological polar surface area (TPSA) is 55.7 Å². The minimum atomic E-state index is 0.00398. The van der Waals surface area contributed by atoms with E-state index in [0.717, 1.165) is 25.9 Å². The van der Waals surface area contributed by atoms with Crippen LogP contribution < -0.4 is 5.32 Å². The number of hydrogen-bond acceptors (Lipinski definition) is 4. The zero-order valence-corrected chi connectivity index (χ0v) is 11.8. The molecule has 4 heteroatoms. The van der Waals surface area contributed by atoms with Crippen LogP contribution in [0, 0.1) is 0 Å². The van der Waals surface area contributed by atoms with Gasteiger partial charge >= 0.3 is 0 Å². The van der Waals surface area contributed by atoms with Gasteiger partial charge in [-0.25, -0.2) is 0 Å². The summed E-state index contributed by atoms with van der Waals surface area (Å²) >= 11 is 0. The Morgan fingerprint density at radius 2 is 1.89 bits per heavy atom. The van der Waals surface area contributed by atoms with Crippen LogP contribution >= 0.6 is 0 Å². The van der Waals surface area contributed by atoms with Crippen LogP contribution in [0.5, 0.6) is 11.5 Å². The van der Waals surface area contributed by atoms with Crippen molar-refractivity contribution >= 4 is 0 Å². The van der Waals surface area contributed by atoms with Gasteiger partial charge in [-0.15, -0.1) is 0 Å². The van der Waals surface area contributed by atoms with E-state index in [9.17, 15) is 10.2 Å². The molecule has 2 atom stereocenters. The molecule has 0 aromatic heterocycles. The lowest BCUT2D eigenvalue weighted by atomic mass is 10.0. The molecular weight excluding hydrogens is 240 g/mol. The molecule has 0 spiro atoms. The molecule has 0 radical (unpaired) electrons. The molecule has 1 heterocycles. The maximum atomic E-state index is 9.97. The Morgan fingerprint density at radius 1 is 1.21 bits per heavy atom. The molecule has 1 saturated heterocycles. The third-order valence-corrected chi connectivity index (χ3v) is 4.21. The predicted octanol–water partition coefficient (Wildman–Crippen LogP) is 2.23. The standard InChI is InChI=1S/C15H24N2O2/c1-11(15-13(18)6-3-7-14(15)19)17(2)12-5-4-9-16-10-8-12/h3,6-7,11-12,16,18-19H,4-5,8-10H2,1-2H3. The zero-order valence-electron chi connectivity index (χ0n) is 11.8. The second-order valence-electron chi connectivity index (χ2n) is 5.39. The fraction of sp³-hybridized carbons (Fsp3) is 0.600. The minimum absolute atomic E-state index is 0.00398. The number of nitrogens with zero attached hydrogens (tertiary/aromatic N) is 1. The maximum Gasteiger partial charge on any atom is 0.124 e. The van der Waals surface area contributed by atoms with Crippen LogP contribution in [0.25, 0.3) is 0 Å². The number of phenolic OH excluding ortho intramolecular Hbond substituents is 2. The second kappa shape index (κ2) is 6.26. The molecule has 19 heavy (non-hydrogen) atoms. The molecule has 1 aromatic rings. The summed E-state index contributed by atoms with van der Waals surface area (Å²) < 4.78 is 0. The van der Waals surface area contributed by atoms with Crippen molar-refractivity contribution in [3.63, 3.8) is 0 Å². The van der Waals surface area contributed by atoms with Crippen LogP contribution in [-0.2, 0) is 0 Å². The van der Waals surface area contributed by atoms with Gasteiger partial charge in [0.2, 0.25) is 0 Å². The Labute approximate surface area is 115 Å². The summed E-state index contributed by atoms with van der Waals surface area (Å²) in [6.07, 6.45) is 3.44. The summed E-state index contributed by atoms with van der Waals surface area (Å²) in [4.78, 5) is 2.27. The van der Waals surface area contributed by atoms with Gasteiger partial charge in [-0.1, -0.05) is 6.07 Å². The molecule has 2 unspecified atom stereocenters. The lowest BCUT2D eigenvalue weighted by Gasteiger charge is -2.33. The Bertz CT molecular complexity index is 394. The van der Waals surface area contributed by atoms with E-state index in [1.807, 2.05) is 6.92 Å². The molecular formula is C15H24N2O2. The smallest absolute Gasteiger partial charge is 0.124 e. The highest BCUT2D eigenvalue weighted by atomic mass is 16.3. The molecule has 4 nitrogen and oxygen atoms in total. The number of aromatic hydroxyl groups is 2. The Hall–Kier alpha value is -1.26. The average molecular weight is 264 g/mol. The van der Waals surface area contributed by atoms with Crippen molar-refractivity contribution < 1.29 is 10.2 Å². The highest BCUT2D eigenvalue weighted by Crippen LogP contribution is 2.36. The number of nitrogens with one attached hydrogen (secondary N) is 1. The van der Waals surface area contributed by atoms with Crippen molar-refractivity contribution in [1.29, 1.82) is 0 Å².